The van der Waals surface area contributed by atoms with E-state index < -0.39 is 0 Å². The van der Waals surface area contributed by atoms with Crippen molar-refractivity contribution in [1.29, 1.82) is 0 Å². The van der Waals surface area contributed by atoms with Gasteiger partial charge in [0.05, 0.1) is 19.9 Å². The number of aryl methyl sites for hydroxylation is 2. The highest BCUT2D eigenvalue weighted by Crippen LogP contribution is 2.34. The molecule has 3 rings (SSSR count). The summed E-state index contributed by atoms with van der Waals surface area (Å²) in [6.45, 7) is 4.94. The van der Waals surface area contributed by atoms with Crippen molar-refractivity contribution in [3.63, 3.8) is 0 Å². The first kappa shape index (κ1) is 19.5. The van der Waals surface area contributed by atoms with Gasteiger partial charge in [0.15, 0.2) is 0 Å². The molecule has 1 saturated heterocycles. The van der Waals surface area contributed by atoms with Gasteiger partial charge in [-0.15, -0.1) is 0 Å². The van der Waals surface area contributed by atoms with E-state index in [2.05, 4.69) is 5.32 Å². The zero-order valence-corrected chi connectivity index (χ0v) is 16.6. The smallest absolute Gasteiger partial charge is 0.325 e. The number of ether oxygens (including phenoxy) is 2. The van der Waals surface area contributed by atoms with Crippen LogP contribution in [-0.4, -0.2) is 50.7 Å². The lowest BCUT2D eigenvalue weighted by Gasteiger charge is -2.21. The Morgan fingerprint density at radius 1 is 1.04 bits per heavy atom. The second-order valence-electron chi connectivity index (χ2n) is 6.74. The fourth-order valence-corrected chi connectivity index (χ4v) is 3.15. The molecule has 0 atom stereocenters. The number of anilines is 2. The second kappa shape index (κ2) is 8.21. The summed E-state index contributed by atoms with van der Waals surface area (Å²) >= 11 is 0. The van der Waals surface area contributed by atoms with E-state index in [1.54, 1.807) is 37.3 Å². The topological polar surface area (TPSA) is 71.1 Å². The second-order valence-corrected chi connectivity index (χ2v) is 6.74. The summed E-state index contributed by atoms with van der Waals surface area (Å²) < 4.78 is 10.6. The van der Waals surface area contributed by atoms with E-state index >= 15 is 0 Å². The summed E-state index contributed by atoms with van der Waals surface area (Å²) in [4.78, 5) is 28.4. The van der Waals surface area contributed by atoms with Crippen LogP contribution >= 0.6 is 0 Å². The number of nitrogens with zero attached hydrogens (tertiary/aromatic N) is 2. The lowest BCUT2D eigenvalue weighted by Crippen LogP contribution is -2.37. The highest BCUT2D eigenvalue weighted by molar-refractivity contribution is 6.00. The highest BCUT2D eigenvalue weighted by Gasteiger charge is 2.32. The van der Waals surface area contributed by atoms with Crippen LogP contribution in [0.5, 0.6) is 11.5 Å². The van der Waals surface area contributed by atoms with Crippen molar-refractivity contribution in [2.24, 2.45) is 0 Å². The van der Waals surface area contributed by atoms with Gasteiger partial charge in [-0.25, -0.2) is 4.79 Å². The normalized spacial score (nSPS) is 13.6. The SMILES string of the molecule is COc1ccc(OC)c(N2CCN(CC(=O)Nc3ccc(C)c(C)c3)C2=O)c1. The van der Waals surface area contributed by atoms with Crippen molar-refractivity contribution in [3.05, 3.63) is 47.5 Å². The number of urea groups is 1. The Balaban J connectivity index is 1.68. The van der Waals surface area contributed by atoms with Gasteiger partial charge in [-0.1, -0.05) is 6.07 Å². The predicted molar refractivity (Wildman–Crippen MR) is 108 cm³/mol. The number of nitrogens with one attached hydrogen (secondary N) is 1. The van der Waals surface area contributed by atoms with Crippen molar-refractivity contribution in [3.8, 4) is 11.5 Å². The van der Waals surface area contributed by atoms with Gasteiger partial charge in [0, 0.05) is 24.8 Å². The molecule has 0 aliphatic carbocycles. The number of benzene rings is 2. The fraction of sp³-hybridized carbons (Fsp3) is 0.333. The molecule has 3 amide bonds. The molecule has 1 aliphatic rings. The van der Waals surface area contributed by atoms with Crippen LogP contribution in [0.15, 0.2) is 36.4 Å². The van der Waals surface area contributed by atoms with Crippen molar-refractivity contribution >= 4 is 23.3 Å². The number of rotatable bonds is 6. The van der Waals surface area contributed by atoms with Crippen LogP contribution in [0, 0.1) is 13.8 Å². The zero-order valence-electron chi connectivity index (χ0n) is 16.6. The standard InChI is InChI=1S/C21H25N3O4/c1-14-5-6-16(11-15(14)2)22-20(25)13-23-9-10-24(21(23)26)18-12-17(27-3)7-8-19(18)28-4/h5-8,11-12H,9-10,13H2,1-4H3,(H,22,25). The van der Waals surface area contributed by atoms with Crippen molar-refractivity contribution in [2.45, 2.75) is 13.8 Å². The van der Waals surface area contributed by atoms with Crippen molar-refractivity contribution < 1.29 is 19.1 Å². The number of carbonyl (C=O) groups excluding carboxylic acids is 2. The molecule has 0 spiro atoms. The summed E-state index contributed by atoms with van der Waals surface area (Å²) in [6, 6.07) is 10.8. The van der Waals surface area contributed by atoms with E-state index in [0.29, 0.717) is 30.3 Å². The zero-order chi connectivity index (χ0) is 20.3. The molecule has 1 heterocycles. The molecule has 7 heteroatoms. The molecular formula is C21H25N3O4. The third-order valence-electron chi connectivity index (χ3n) is 4.90. The monoisotopic (exact) mass is 383 g/mol. The average Bonchev–Trinajstić information content (AvgIpc) is 3.04. The first-order chi connectivity index (χ1) is 13.4. The Morgan fingerprint density at radius 2 is 1.82 bits per heavy atom. The van der Waals surface area contributed by atoms with E-state index in [0.717, 1.165) is 16.8 Å². The average molecular weight is 383 g/mol. The van der Waals surface area contributed by atoms with Crippen LogP contribution in [0.3, 0.4) is 0 Å². The van der Waals surface area contributed by atoms with Gasteiger partial charge in [0.2, 0.25) is 5.91 Å². The van der Waals surface area contributed by atoms with E-state index in [-0.39, 0.29) is 18.5 Å². The van der Waals surface area contributed by atoms with Crippen LogP contribution < -0.4 is 19.7 Å². The maximum Gasteiger partial charge on any atom is 0.325 e. The lowest BCUT2D eigenvalue weighted by molar-refractivity contribution is -0.116. The van der Waals surface area contributed by atoms with Crippen LogP contribution in [0.1, 0.15) is 11.1 Å². The molecule has 28 heavy (non-hydrogen) atoms. The molecule has 2 aromatic carbocycles. The summed E-state index contributed by atoms with van der Waals surface area (Å²) in [5.41, 5.74) is 3.62. The summed E-state index contributed by atoms with van der Waals surface area (Å²) in [5, 5.41) is 2.86. The molecule has 1 fully saturated rings. The molecular weight excluding hydrogens is 358 g/mol. The Kier molecular flexibility index (Phi) is 5.73. The predicted octanol–water partition coefficient (Wildman–Crippen LogP) is 3.20. The molecule has 1 aliphatic heterocycles. The first-order valence-electron chi connectivity index (χ1n) is 9.08. The molecule has 0 saturated carbocycles. The maximum absolute atomic E-state index is 12.8. The van der Waals surface area contributed by atoms with Gasteiger partial charge in [0.1, 0.15) is 18.0 Å². The van der Waals surface area contributed by atoms with Gasteiger partial charge < -0.3 is 19.7 Å². The number of hydrogen-bond acceptors (Lipinski definition) is 4. The third-order valence-corrected chi connectivity index (χ3v) is 4.90. The van der Waals surface area contributed by atoms with Gasteiger partial charge in [-0.05, 0) is 49.2 Å². The molecule has 0 aromatic heterocycles. The first-order valence-corrected chi connectivity index (χ1v) is 9.08. The third kappa shape index (κ3) is 4.03. The number of carbonyl (C=O) groups is 2. The summed E-state index contributed by atoms with van der Waals surface area (Å²) in [5.74, 6) is 0.987. The van der Waals surface area contributed by atoms with Crippen molar-refractivity contribution in [2.75, 3.05) is 44.1 Å². The van der Waals surface area contributed by atoms with E-state index in [4.69, 9.17) is 9.47 Å². The number of methoxy groups -OCH3 is 2. The van der Waals surface area contributed by atoms with Gasteiger partial charge in [-0.2, -0.15) is 0 Å². The molecule has 2 aromatic rings. The van der Waals surface area contributed by atoms with E-state index in [1.807, 2.05) is 32.0 Å². The minimum absolute atomic E-state index is 0.00542. The van der Waals surface area contributed by atoms with Crippen LogP contribution in [0.25, 0.3) is 0 Å². The minimum atomic E-state index is -0.234. The minimum Gasteiger partial charge on any atom is -0.497 e. The number of hydrogen-bond donors (Lipinski definition) is 1. The van der Waals surface area contributed by atoms with Gasteiger partial charge in [0.25, 0.3) is 0 Å². The molecule has 0 bridgehead atoms. The Hall–Kier alpha value is -3.22. The fourth-order valence-electron chi connectivity index (χ4n) is 3.15. The Bertz CT molecular complexity index is 897. The maximum atomic E-state index is 12.8. The van der Waals surface area contributed by atoms with Gasteiger partial charge >= 0.3 is 6.03 Å². The quantitative estimate of drug-likeness (QED) is 0.832. The summed E-state index contributed by atoms with van der Waals surface area (Å²) in [6.07, 6.45) is 0. The highest BCUT2D eigenvalue weighted by atomic mass is 16.5. The van der Waals surface area contributed by atoms with E-state index in [1.165, 1.54) is 4.90 Å². The number of amides is 3. The molecule has 0 unspecified atom stereocenters. The van der Waals surface area contributed by atoms with Crippen LogP contribution in [0.4, 0.5) is 16.2 Å². The molecule has 148 valence electrons. The van der Waals surface area contributed by atoms with Crippen LogP contribution in [-0.2, 0) is 4.79 Å². The van der Waals surface area contributed by atoms with Crippen molar-refractivity contribution in [1.82, 2.24) is 4.90 Å². The van der Waals surface area contributed by atoms with Gasteiger partial charge in [-0.3, -0.25) is 9.69 Å². The molecule has 1 N–H and O–H groups in total. The van der Waals surface area contributed by atoms with E-state index in [9.17, 15) is 9.59 Å². The molecule has 0 radical (unpaired) electrons. The summed E-state index contributed by atoms with van der Waals surface area (Å²) in [7, 11) is 3.13. The largest absolute Gasteiger partial charge is 0.497 e. The lowest BCUT2D eigenvalue weighted by atomic mass is 10.1. The Morgan fingerprint density at radius 3 is 2.50 bits per heavy atom. The van der Waals surface area contributed by atoms with Crippen LogP contribution in [0.2, 0.25) is 0 Å². The molecule has 7 nitrogen and oxygen atoms in total. The Labute approximate surface area is 164 Å².